The number of anilines is 1. The van der Waals surface area contributed by atoms with Gasteiger partial charge in [0.1, 0.15) is 0 Å². The number of nitrogens with zero attached hydrogens (tertiary/aromatic N) is 4. The van der Waals surface area contributed by atoms with Crippen molar-refractivity contribution >= 4 is 40.6 Å². The molecule has 0 spiro atoms. The molecule has 0 saturated heterocycles. The number of non-ortho nitro benzene ring substituents is 1. The van der Waals surface area contributed by atoms with Gasteiger partial charge in [0.15, 0.2) is 11.0 Å². The fraction of sp³-hybridized carbons (Fsp3) is 0.118. The second-order valence-corrected chi connectivity index (χ2v) is 6.89. The average molecular weight is 404 g/mol. The number of amides is 1. The molecule has 0 aliphatic carbocycles. The predicted molar refractivity (Wildman–Crippen MR) is 104 cm³/mol. The Bertz CT molecular complexity index is 973. The molecule has 0 atom stereocenters. The first-order chi connectivity index (χ1) is 12.9. The fourth-order valence-corrected chi connectivity index (χ4v) is 3.12. The second-order valence-electron chi connectivity index (χ2n) is 5.51. The highest BCUT2D eigenvalue weighted by Crippen LogP contribution is 2.24. The molecule has 0 aliphatic heterocycles. The number of aromatic nitrogens is 3. The predicted octanol–water partition coefficient (Wildman–Crippen LogP) is 3.77. The van der Waals surface area contributed by atoms with Gasteiger partial charge in [-0.2, -0.15) is 0 Å². The van der Waals surface area contributed by atoms with Crippen LogP contribution in [0.15, 0.2) is 53.7 Å². The van der Waals surface area contributed by atoms with Crippen molar-refractivity contribution in [1.82, 2.24) is 14.8 Å². The maximum absolute atomic E-state index is 12.1. The summed E-state index contributed by atoms with van der Waals surface area (Å²) in [5, 5.41) is 22.8. The first kappa shape index (κ1) is 18.9. The maximum Gasteiger partial charge on any atom is 0.269 e. The number of hydrogen-bond donors (Lipinski definition) is 1. The largest absolute Gasteiger partial charge is 0.325 e. The molecule has 3 rings (SSSR count). The lowest BCUT2D eigenvalue weighted by Crippen LogP contribution is -2.14. The topological polar surface area (TPSA) is 103 Å². The highest BCUT2D eigenvalue weighted by Gasteiger charge is 2.13. The monoisotopic (exact) mass is 403 g/mol. The molecule has 1 heterocycles. The van der Waals surface area contributed by atoms with Gasteiger partial charge in [0.25, 0.3) is 5.69 Å². The van der Waals surface area contributed by atoms with Gasteiger partial charge < -0.3 is 9.88 Å². The molecule has 27 heavy (non-hydrogen) atoms. The van der Waals surface area contributed by atoms with E-state index in [1.54, 1.807) is 16.7 Å². The summed E-state index contributed by atoms with van der Waals surface area (Å²) in [6, 6.07) is 12.9. The number of hydrogen-bond acceptors (Lipinski definition) is 6. The minimum atomic E-state index is -0.492. The lowest BCUT2D eigenvalue weighted by molar-refractivity contribution is -0.384. The van der Waals surface area contributed by atoms with E-state index in [1.807, 2.05) is 19.2 Å². The number of benzene rings is 2. The van der Waals surface area contributed by atoms with E-state index in [-0.39, 0.29) is 17.3 Å². The van der Waals surface area contributed by atoms with Crippen molar-refractivity contribution in [2.24, 2.45) is 7.05 Å². The SMILES string of the molecule is Cn1c(SCC(=O)Nc2ccc([N+](=O)[O-])cc2)nnc1-c1ccc(Cl)cc1. The summed E-state index contributed by atoms with van der Waals surface area (Å²) in [5.74, 6) is 0.554. The molecule has 0 radical (unpaired) electrons. The van der Waals surface area contributed by atoms with Crippen LogP contribution >= 0.6 is 23.4 Å². The van der Waals surface area contributed by atoms with Crippen molar-refractivity contribution in [3.63, 3.8) is 0 Å². The summed E-state index contributed by atoms with van der Waals surface area (Å²) >= 11 is 7.14. The van der Waals surface area contributed by atoms with Gasteiger partial charge in [0.05, 0.1) is 10.7 Å². The number of nitro groups is 1. The molecule has 0 saturated carbocycles. The Morgan fingerprint density at radius 1 is 1.19 bits per heavy atom. The molecule has 1 N–H and O–H groups in total. The molecule has 8 nitrogen and oxygen atoms in total. The zero-order chi connectivity index (χ0) is 19.4. The third-order valence-electron chi connectivity index (χ3n) is 3.63. The standard InChI is InChI=1S/C17H14ClN5O3S/c1-22-16(11-2-4-12(18)5-3-11)20-21-17(22)27-10-15(24)19-13-6-8-14(9-7-13)23(25)26/h2-9H,10H2,1H3,(H,19,24). The minimum absolute atomic E-state index is 0.0313. The maximum atomic E-state index is 12.1. The molecule has 0 fully saturated rings. The lowest BCUT2D eigenvalue weighted by Gasteiger charge is -2.06. The molecule has 2 aromatic carbocycles. The van der Waals surface area contributed by atoms with E-state index in [0.717, 1.165) is 5.56 Å². The summed E-state index contributed by atoms with van der Waals surface area (Å²) in [4.78, 5) is 22.2. The lowest BCUT2D eigenvalue weighted by atomic mass is 10.2. The van der Waals surface area contributed by atoms with Crippen molar-refractivity contribution in [3.8, 4) is 11.4 Å². The Morgan fingerprint density at radius 3 is 2.48 bits per heavy atom. The van der Waals surface area contributed by atoms with Gasteiger partial charge in [-0.15, -0.1) is 10.2 Å². The van der Waals surface area contributed by atoms with Crippen LogP contribution in [0, 0.1) is 10.1 Å². The van der Waals surface area contributed by atoms with E-state index >= 15 is 0 Å². The van der Waals surface area contributed by atoms with Gasteiger partial charge in [-0.1, -0.05) is 23.4 Å². The number of nitrogens with one attached hydrogen (secondary N) is 1. The third-order valence-corrected chi connectivity index (χ3v) is 4.90. The van der Waals surface area contributed by atoms with Crippen molar-refractivity contribution in [2.45, 2.75) is 5.16 Å². The van der Waals surface area contributed by atoms with Crippen molar-refractivity contribution < 1.29 is 9.72 Å². The molecule has 10 heteroatoms. The molecule has 1 amide bonds. The molecule has 0 unspecified atom stereocenters. The van der Waals surface area contributed by atoms with Gasteiger partial charge in [0, 0.05) is 35.5 Å². The molecule has 0 bridgehead atoms. The molecular weight excluding hydrogens is 390 g/mol. The highest BCUT2D eigenvalue weighted by molar-refractivity contribution is 7.99. The van der Waals surface area contributed by atoms with Crippen LogP contribution in [0.25, 0.3) is 11.4 Å². The first-order valence-corrected chi connectivity index (χ1v) is 9.13. The van der Waals surface area contributed by atoms with Crippen LogP contribution < -0.4 is 5.32 Å². The summed E-state index contributed by atoms with van der Waals surface area (Å²) in [6.45, 7) is 0. The fourth-order valence-electron chi connectivity index (χ4n) is 2.28. The minimum Gasteiger partial charge on any atom is -0.325 e. The highest BCUT2D eigenvalue weighted by atomic mass is 35.5. The van der Waals surface area contributed by atoms with Crippen LogP contribution in [0.1, 0.15) is 0 Å². The van der Waals surface area contributed by atoms with Crippen molar-refractivity contribution in [3.05, 3.63) is 63.7 Å². The third kappa shape index (κ3) is 4.63. The van der Waals surface area contributed by atoms with Crippen LogP contribution in [0.3, 0.4) is 0 Å². The van der Waals surface area contributed by atoms with Crippen molar-refractivity contribution in [2.75, 3.05) is 11.1 Å². The quantitative estimate of drug-likeness (QED) is 0.381. The van der Waals surface area contributed by atoms with Crippen LogP contribution in [0.4, 0.5) is 11.4 Å². The van der Waals surface area contributed by atoms with E-state index in [4.69, 9.17) is 11.6 Å². The Kier molecular flexibility index (Phi) is 5.72. The smallest absolute Gasteiger partial charge is 0.269 e. The first-order valence-electron chi connectivity index (χ1n) is 7.76. The molecule has 138 valence electrons. The summed E-state index contributed by atoms with van der Waals surface area (Å²) in [6.07, 6.45) is 0. The number of thioether (sulfide) groups is 1. The second kappa shape index (κ2) is 8.19. The number of carbonyl (C=O) groups excluding carboxylic acids is 1. The number of nitro benzene ring substituents is 1. The molecule has 3 aromatic rings. The van der Waals surface area contributed by atoms with E-state index < -0.39 is 4.92 Å². The van der Waals surface area contributed by atoms with Crippen LogP contribution in [-0.4, -0.2) is 31.3 Å². The van der Waals surface area contributed by atoms with Crippen LogP contribution in [0.2, 0.25) is 5.02 Å². The average Bonchev–Trinajstić information content (AvgIpc) is 3.02. The van der Waals surface area contributed by atoms with Gasteiger partial charge in [0.2, 0.25) is 5.91 Å². The Balaban J connectivity index is 1.60. The number of carbonyl (C=O) groups is 1. The zero-order valence-electron chi connectivity index (χ0n) is 14.1. The van der Waals surface area contributed by atoms with Gasteiger partial charge in [-0.05, 0) is 36.4 Å². The van der Waals surface area contributed by atoms with E-state index in [2.05, 4.69) is 15.5 Å². The zero-order valence-corrected chi connectivity index (χ0v) is 15.7. The number of rotatable bonds is 6. The van der Waals surface area contributed by atoms with Crippen molar-refractivity contribution in [1.29, 1.82) is 0 Å². The molecular formula is C17H14ClN5O3S. The van der Waals surface area contributed by atoms with Crippen LogP contribution in [-0.2, 0) is 11.8 Å². The van der Waals surface area contributed by atoms with E-state index in [9.17, 15) is 14.9 Å². The Morgan fingerprint density at radius 2 is 1.85 bits per heavy atom. The van der Waals surface area contributed by atoms with Gasteiger partial charge in [-0.25, -0.2) is 0 Å². The summed E-state index contributed by atoms with van der Waals surface area (Å²) in [5.41, 5.74) is 1.33. The number of halogens is 1. The molecule has 0 aliphatic rings. The van der Waals surface area contributed by atoms with Gasteiger partial charge >= 0.3 is 0 Å². The molecule has 1 aromatic heterocycles. The normalized spacial score (nSPS) is 10.6. The Hall–Kier alpha value is -2.91. The summed E-state index contributed by atoms with van der Waals surface area (Å²) < 4.78 is 1.80. The summed E-state index contributed by atoms with van der Waals surface area (Å²) in [7, 11) is 1.82. The van der Waals surface area contributed by atoms with E-state index in [0.29, 0.717) is 21.7 Å². The van der Waals surface area contributed by atoms with Gasteiger partial charge in [-0.3, -0.25) is 14.9 Å². The van der Waals surface area contributed by atoms with Crippen LogP contribution in [0.5, 0.6) is 0 Å². The Labute approximate surface area is 163 Å². The van der Waals surface area contributed by atoms with E-state index in [1.165, 1.54) is 36.0 Å².